The fraction of sp³-hybridized carbons (Fsp3) is 0.600. The molecule has 0 aromatic heterocycles. The summed E-state index contributed by atoms with van der Waals surface area (Å²) < 4.78 is 0. The Balaban J connectivity index is 1.18. The number of para-hydroxylation sites is 1. The molecule has 4 bridgehead atoms. The van der Waals surface area contributed by atoms with E-state index in [0.717, 1.165) is 48.3 Å². The van der Waals surface area contributed by atoms with Gasteiger partial charge in [0.05, 0.1) is 11.5 Å². The van der Waals surface area contributed by atoms with Crippen molar-refractivity contribution in [3.8, 4) is 6.07 Å². The Labute approximate surface area is 187 Å². The summed E-state index contributed by atoms with van der Waals surface area (Å²) in [5.41, 5.74) is 0.687. The molecular weight excluding hydrogens is 404 g/mol. The zero-order valence-corrected chi connectivity index (χ0v) is 18.1. The monoisotopic (exact) mass is 432 g/mol. The summed E-state index contributed by atoms with van der Waals surface area (Å²) in [6.07, 6.45) is 7.65. The minimum absolute atomic E-state index is 0.0533. The molecule has 2 heterocycles. The molecule has 4 saturated carbocycles. The molecule has 1 saturated heterocycles. The molecule has 0 unspecified atom stereocenters. The van der Waals surface area contributed by atoms with Crippen LogP contribution in [0.3, 0.4) is 0 Å². The number of benzene rings is 1. The van der Waals surface area contributed by atoms with Crippen LogP contribution in [0.25, 0.3) is 0 Å². The van der Waals surface area contributed by atoms with Crippen LogP contribution in [0.1, 0.15) is 50.5 Å². The van der Waals surface area contributed by atoms with E-state index in [9.17, 15) is 19.6 Å². The van der Waals surface area contributed by atoms with Gasteiger partial charge in [-0.1, -0.05) is 18.2 Å². The van der Waals surface area contributed by atoms with Crippen molar-refractivity contribution in [3.63, 3.8) is 0 Å². The van der Waals surface area contributed by atoms with Crippen molar-refractivity contribution in [2.24, 2.45) is 23.2 Å². The van der Waals surface area contributed by atoms with Gasteiger partial charge >= 0.3 is 11.8 Å². The number of carbonyl (C=O) groups excluding carboxylic acids is 3. The molecule has 32 heavy (non-hydrogen) atoms. The van der Waals surface area contributed by atoms with Crippen LogP contribution in [0, 0.1) is 34.5 Å². The standard InChI is InChI=1S/C25H28N4O3/c26-12-18-11-25(19-3-1-2-4-20(19)28-23(25)32)14-29(18)22(31)21(30)27-13-24-8-15-5-16(9-24)7-17(6-15)10-24/h1-4,15-18H,5-11,13-14H2,(H,27,30)(H,28,32)/t15?,16?,17?,18-,24?,25-/m0/s1. The number of nitrogens with zero attached hydrogens (tertiary/aromatic N) is 2. The first kappa shape index (κ1) is 19.8. The van der Waals surface area contributed by atoms with Crippen LogP contribution < -0.4 is 10.6 Å². The molecule has 1 aromatic carbocycles. The highest BCUT2D eigenvalue weighted by Gasteiger charge is 2.57. The number of hydrogen-bond donors (Lipinski definition) is 2. The van der Waals surface area contributed by atoms with Gasteiger partial charge in [-0.05, 0) is 73.3 Å². The molecule has 3 amide bonds. The van der Waals surface area contributed by atoms with Crippen molar-refractivity contribution in [3.05, 3.63) is 29.8 Å². The Kier molecular flexibility index (Phi) is 4.21. The van der Waals surface area contributed by atoms with Crippen molar-refractivity contribution in [1.29, 1.82) is 5.26 Å². The van der Waals surface area contributed by atoms with Crippen molar-refractivity contribution < 1.29 is 14.4 Å². The predicted octanol–water partition coefficient (Wildman–Crippen LogP) is 2.33. The molecule has 0 radical (unpaired) electrons. The molecule has 1 spiro atoms. The minimum atomic E-state index is -0.965. The summed E-state index contributed by atoms with van der Waals surface area (Å²) in [5.74, 6) is 0.770. The fourth-order valence-corrected chi connectivity index (χ4v) is 7.95. The van der Waals surface area contributed by atoms with Crippen LogP contribution in [-0.2, 0) is 19.8 Å². The van der Waals surface area contributed by atoms with E-state index in [2.05, 4.69) is 16.7 Å². The van der Waals surface area contributed by atoms with E-state index in [1.807, 2.05) is 24.3 Å². The summed E-state index contributed by atoms with van der Waals surface area (Å²) in [5, 5.41) is 15.5. The smallest absolute Gasteiger partial charge is 0.312 e. The van der Waals surface area contributed by atoms with Gasteiger partial charge in [-0.15, -0.1) is 0 Å². The molecule has 6 aliphatic rings. The molecule has 5 fully saturated rings. The van der Waals surface area contributed by atoms with Gasteiger partial charge in [-0.2, -0.15) is 5.26 Å². The topological polar surface area (TPSA) is 102 Å². The Bertz CT molecular complexity index is 1020. The number of carbonyl (C=O) groups is 3. The Hall–Kier alpha value is -2.88. The van der Waals surface area contributed by atoms with Crippen molar-refractivity contribution in [2.75, 3.05) is 18.4 Å². The maximum atomic E-state index is 13.1. The number of hydrogen-bond acceptors (Lipinski definition) is 4. The van der Waals surface area contributed by atoms with E-state index in [1.165, 1.54) is 24.2 Å². The van der Waals surface area contributed by atoms with E-state index in [0.29, 0.717) is 6.54 Å². The Morgan fingerprint density at radius 3 is 2.41 bits per heavy atom. The molecule has 2 atom stereocenters. The summed E-state index contributed by atoms with van der Waals surface area (Å²) in [4.78, 5) is 40.2. The van der Waals surface area contributed by atoms with Crippen LogP contribution in [0.5, 0.6) is 0 Å². The highest BCUT2D eigenvalue weighted by Crippen LogP contribution is 2.59. The molecule has 4 aliphatic carbocycles. The molecule has 7 heteroatoms. The highest BCUT2D eigenvalue weighted by atomic mass is 16.2. The van der Waals surface area contributed by atoms with E-state index in [1.54, 1.807) is 0 Å². The normalized spacial score (nSPS) is 38.5. The van der Waals surface area contributed by atoms with Crippen LogP contribution in [0.2, 0.25) is 0 Å². The van der Waals surface area contributed by atoms with Gasteiger partial charge in [-0.25, -0.2) is 0 Å². The summed E-state index contributed by atoms with van der Waals surface area (Å²) in [6.45, 7) is 0.596. The molecule has 1 aromatic rings. The van der Waals surface area contributed by atoms with Gasteiger partial charge in [0.25, 0.3) is 0 Å². The molecule has 166 valence electrons. The first-order valence-corrected chi connectivity index (χ1v) is 11.8. The zero-order valence-electron chi connectivity index (χ0n) is 18.1. The zero-order chi connectivity index (χ0) is 22.1. The second-order valence-electron chi connectivity index (χ2n) is 11.0. The number of anilines is 1. The lowest BCUT2D eigenvalue weighted by molar-refractivity contribution is -0.146. The summed E-state index contributed by atoms with van der Waals surface area (Å²) in [7, 11) is 0. The first-order chi connectivity index (χ1) is 15.4. The van der Waals surface area contributed by atoms with Crippen molar-refractivity contribution in [1.82, 2.24) is 10.2 Å². The third-order valence-corrected chi connectivity index (χ3v) is 8.88. The van der Waals surface area contributed by atoms with Crippen molar-refractivity contribution in [2.45, 2.75) is 56.4 Å². The molecule has 2 aliphatic heterocycles. The second-order valence-corrected chi connectivity index (χ2v) is 11.0. The van der Waals surface area contributed by atoms with Crippen LogP contribution in [0.4, 0.5) is 5.69 Å². The largest absolute Gasteiger partial charge is 0.347 e. The van der Waals surface area contributed by atoms with Crippen LogP contribution >= 0.6 is 0 Å². The van der Waals surface area contributed by atoms with Gasteiger partial charge in [0.2, 0.25) is 5.91 Å². The van der Waals surface area contributed by atoms with Gasteiger partial charge < -0.3 is 15.5 Å². The lowest BCUT2D eigenvalue weighted by Gasteiger charge is -2.56. The third kappa shape index (κ3) is 2.81. The van der Waals surface area contributed by atoms with Gasteiger partial charge in [0, 0.05) is 25.2 Å². The molecule has 7 rings (SSSR count). The number of rotatable bonds is 2. The maximum absolute atomic E-state index is 13.1. The van der Waals surface area contributed by atoms with E-state index in [-0.39, 0.29) is 24.3 Å². The van der Waals surface area contributed by atoms with Crippen molar-refractivity contribution >= 4 is 23.4 Å². The maximum Gasteiger partial charge on any atom is 0.312 e. The first-order valence-electron chi connectivity index (χ1n) is 11.8. The molecular formula is C25H28N4O3. The summed E-state index contributed by atoms with van der Waals surface area (Å²) >= 11 is 0. The average molecular weight is 433 g/mol. The number of nitrogens with one attached hydrogen (secondary N) is 2. The minimum Gasteiger partial charge on any atom is -0.347 e. The average Bonchev–Trinajstić information content (AvgIpc) is 3.29. The Morgan fingerprint density at radius 2 is 1.75 bits per heavy atom. The van der Waals surface area contributed by atoms with Crippen LogP contribution in [-0.4, -0.2) is 41.8 Å². The highest BCUT2D eigenvalue weighted by molar-refractivity contribution is 6.35. The Morgan fingerprint density at radius 1 is 1.09 bits per heavy atom. The number of amides is 3. The number of nitriles is 1. The predicted molar refractivity (Wildman–Crippen MR) is 116 cm³/mol. The summed E-state index contributed by atoms with van der Waals surface area (Å²) in [6, 6.07) is 8.73. The fourth-order valence-electron chi connectivity index (χ4n) is 7.95. The lowest BCUT2D eigenvalue weighted by Crippen LogP contribution is -2.53. The lowest BCUT2D eigenvalue weighted by atomic mass is 9.49. The van der Waals surface area contributed by atoms with Gasteiger partial charge in [0.15, 0.2) is 0 Å². The number of fused-ring (bicyclic) bond motifs is 2. The second kappa shape index (κ2) is 6.81. The van der Waals surface area contributed by atoms with Gasteiger partial charge in [-0.3, -0.25) is 14.4 Å². The molecule has 2 N–H and O–H groups in total. The third-order valence-electron chi connectivity index (χ3n) is 8.88. The van der Waals surface area contributed by atoms with E-state index >= 15 is 0 Å². The molecule has 7 nitrogen and oxygen atoms in total. The SMILES string of the molecule is N#C[C@@H]1C[C@@]2(CN1C(=O)C(=O)NCC13CC4CC(CC(C4)C1)C3)C(=O)Nc1ccccc12. The van der Waals surface area contributed by atoms with E-state index in [4.69, 9.17) is 0 Å². The quantitative estimate of drug-likeness (QED) is 0.700. The van der Waals surface area contributed by atoms with Crippen LogP contribution in [0.15, 0.2) is 24.3 Å². The van der Waals surface area contributed by atoms with Gasteiger partial charge in [0.1, 0.15) is 6.04 Å². The van der Waals surface area contributed by atoms with E-state index < -0.39 is 23.3 Å². The number of likely N-dealkylation sites (tertiary alicyclic amines) is 1.